The number of nitrogens with one attached hydrogen (secondary N) is 2. The maximum Gasteiger partial charge on any atom is 0.257 e. The van der Waals surface area contributed by atoms with Crippen LogP contribution in [0, 0.1) is 11.6 Å². The third-order valence-corrected chi connectivity index (χ3v) is 5.75. The number of carbonyl (C=O) groups excluding carboxylic acids is 1. The average molecular weight is 434 g/mol. The highest BCUT2D eigenvalue weighted by molar-refractivity contribution is 7.98. The summed E-state index contributed by atoms with van der Waals surface area (Å²) in [5.74, 6) is -2.15. The van der Waals surface area contributed by atoms with Gasteiger partial charge < -0.3 is 10.3 Å². The Morgan fingerprint density at radius 3 is 2.62 bits per heavy atom. The minimum Gasteiger partial charge on any atom is -0.310 e. The van der Waals surface area contributed by atoms with Crippen LogP contribution >= 0.6 is 23.4 Å². The molecule has 0 saturated carbocycles. The van der Waals surface area contributed by atoms with E-state index in [-0.39, 0.29) is 23.4 Å². The second-order valence-electron chi connectivity index (χ2n) is 6.52. The number of benzene rings is 2. The number of H-pyrrole nitrogens is 1. The van der Waals surface area contributed by atoms with Crippen molar-refractivity contribution < 1.29 is 13.6 Å². The Kier molecular flexibility index (Phi) is 5.38. The lowest BCUT2D eigenvalue weighted by atomic mass is 9.86. The third-order valence-electron chi connectivity index (χ3n) is 4.56. The van der Waals surface area contributed by atoms with E-state index in [1.165, 1.54) is 17.8 Å². The van der Waals surface area contributed by atoms with E-state index >= 15 is 0 Å². The first-order valence-corrected chi connectivity index (χ1v) is 10.0. The fraction of sp³-hybridized carbons (Fsp3) is 0.150. The zero-order chi connectivity index (χ0) is 20.5. The minimum absolute atomic E-state index is 0.0800. The van der Waals surface area contributed by atoms with Crippen LogP contribution in [0.2, 0.25) is 5.02 Å². The predicted octanol–water partition coefficient (Wildman–Crippen LogP) is 4.47. The van der Waals surface area contributed by atoms with Gasteiger partial charge in [-0.05, 0) is 29.3 Å². The second-order valence-corrected chi connectivity index (χ2v) is 7.92. The topological polar surface area (TPSA) is 74.8 Å². The Morgan fingerprint density at radius 1 is 1.14 bits per heavy atom. The van der Waals surface area contributed by atoms with E-state index in [2.05, 4.69) is 15.3 Å². The Balaban J connectivity index is 1.66. The lowest BCUT2D eigenvalue weighted by Crippen LogP contribution is -2.31. The molecule has 1 amide bonds. The van der Waals surface area contributed by atoms with Crippen molar-refractivity contribution in [3.63, 3.8) is 0 Å². The number of anilines is 1. The Hall–Kier alpha value is -2.71. The third kappa shape index (κ3) is 4.18. The average Bonchev–Trinajstić information content (AvgIpc) is 2.66. The van der Waals surface area contributed by atoms with Gasteiger partial charge in [0.15, 0.2) is 5.16 Å². The summed E-state index contributed by atoms with van der Waals surface area (Å²) in [5, 5.41) is 3.53. The quantitative estimate of drug-likeness (QED) is 0.470. The predicted molar refractivity (Wildman–Crippen MR) is 107 cm³/mol. The normalized spacial score (nSPS) is 15.7. The van der Waals surface area contributed by atoms with Crippen molar-refractivity contribution in [2.75, 3.05) is 5.32 Å². The van der Waals surface area contributed by atoms with Crippen LogP contribution in [0.1, 0.15) is 29.0 Å². The highest BCUT2D eigenvalue weighted by Gasteiger charge is 2.32. The van der Waals surface area contributed by atoms with E-state index in [1.807, 2.05) is 12.1 Å². The molecule has 0 saturated heterocycles. The van der Waals surface area contributed by atoms with Crippen molar-refractivity contribution in [2.45, 2.75) is 23.2 Å². The molecule has 3 aromatic rings. The summed E-state index contributed by atoms with van der Waals surface area (Å²) < 4.78 is 27.5. The van der Waals surface area contributed by atoms with Gasteiger partial charge in [-0.15, -0.1) is 0 Å². The standard InChI is InChI=1S/C20H14ClF2N3O2S/c21-11-3-1-10(2-4-11)9-29-20-25-18-17(19(28)26-20)14(8-16(27)24-18)13-6-5-12(22)7-15(13)23/h1-7,14H,8-9H2,(H2,24,25,26,27,28). The van der Waals surface area contributed by atoms with Gasteiger partial charge in [0.25, 0.3) is 5.56 Å². The molecule has 0 bridgehead atoms. The molecule has 0 aliphatic carbocycles. The zero-order valence-electron chi connectivity index (χ0n) is 14.8. The highest BCUT2D eigenvalue weighted by atomic mass is 35.5. The molecule has 2 N–H and O–H groups in total. The number of amides is 1. The van der Waals surface area contributed by atoms with Crippen LogP contribution in [-0.2, 0) is 10.5 Å². The number of aromatic amines is 1. The maximum atomic E-state index is 14.3. The SMILES string of the molecule is O=C1CC(c2ccc(F)cc2F)c2c(nc(SCc3ccc(Cl)cc3)[nH]c2=O)N1. The van der Waals surface area contributed by atoms with Gasteiger partial charge in [-0.25, -0.2) is 13.8 Å². The number of halogens is 3. The molecule has 2 aromatic carbocycles. The van der Waals surface area contributed by atoms with Crippen LogP contribution < -0.4 is 10.9 Å². The first-order chi connectivity index (χ1) is 13.9. The molecule has 5 nitrogen and oxygen atoms in total. The number of aromatic nitrogens is 2. The van der Waals surface area contributed by atoms with Crippen molar-refractivity contribution in [2.24, 2.45) is 0 Å². The number of fused-ring (bicyclic) bond motifs is 1. The van der Waals surface area contributed by atoms with Crippen molar-refractivity contribution in [3.05, 3.63) is 86.2 Å². The molecule has 1 aliphatic heterocycles. The molecule has 2 heterocycles. The van der Waals surface area contributed by atoms with Gasteiger partial charge in [0.1, 0.15) is 17.5 Å². The van der Waals surface area contributed by atoms with Crippen molar-refractivity contribution in [3.8, 4) is 0 Å². The van der Waals surface area contributed by atoms with E-state index < -0.39 is 29.0 Å². The number of rotatable bonds is 4. The van der Waals surface area contributed by atoms with Gasteiger partial charge in [-0.1, -0.05) is 41.6 Å². The molecule has 29 heavy (non-hydrogen) atoms. The van der Waals surface area contributed by atoms with Gasteiger partial charge in [0.2, 0.25) is 5.91 Å². The first-order valence-electron chi connectivity index (χ1n) is 8.67. The first kappa shape index (κ1) is 19.6. The molecule has 4 rings (SSSR count). The summed E-state index contributed by atoms with van der Waals surface area (Å²) >= 11 is 7.16. The van der Waals surface area contributed by atoms with E-state index in [1.54, 1.807) is 12.1 Å². The minimum atomic E-state index is -0.842. The van der Waals surface area contributed by atoms with Gasteiger partial charge in [-0.2, -0.15) is 0 Å². The maximum absolute atomic E-state index is 14.3. The molecular formula is C20H14ClF2N3O2S. The Labute approximate surface area is 173 Å². The van der Waals surface area contributed by atoms with Crippen LogP contribution in [0.5, 0.6) is 0 Å². The number of thioether (sulfide) groups is 1. The van der Waals surface area contributed by atoms with Crippen LogP contribution in [-0.4, -0.2) is 15.9 Å². The lowest BCUT2D eigenvalue weighted by Gasteiger charge is -2.24. The van der Waals surface area contributed by atoms with Crippen LogP contribution in [0.3, 0.4) is 0 Å². The lowest BCUT2D eigenvalue weighted by molar-refractivity contribution is -0.116. The fourth-order valence-electron chi connectivity index (χ4n) is 3.20. The highest BCUT2D eigenvalue weighted by Crippen LogP contribution is 2.36. The van der Waals surface area contributed by atoms with E-state index in [0.29, 0.717) is 15.9 Å². The van der Waals surface area contributed by atoms with Crippen molar-refractivity contribution >= 4 is 35.1 Å². The zero-order valence-corrected chi connectivity index (χ0v) is 16.4. The number of nitrogens with zero attached hydrogens (tertiary/aromatic N) is 1. The number of hydrogen-bond acceptors (Lipinski definition) is 4. The molecule has 9 heteroatoms. The molecule has 148 valence electrons. The summed E-state index contributed by atoms with van der Waals surface area (Å²) in [4.78, 5) is 31.9. The summed E-state index contributed by atoms with van der Waals surface area (Å²) in [7, 11) is 0. The summed E-state index contributed by atoms with van der Waals surface area (Å²) in [6.45, 7) is 0. The van der Waals surface area contributed by atoms with E-state index in [4.69, 9.17) is 11.6 Å². The smallest absolute Gasteiger partial charge is 0.257 e. The van der Waals surface area contributed by atoms with Crippen LogP contribution in [0.15, 0.2) is 52.4 Å². The monoisotopic (exact) mass is 433 g/mol. The number of carbonyl (C=O) groups is 1. The largest absolute Gasteiger partial charge is 0.310 e. The molecule has 0 radical (unpaired) electrons. The van der Waals surface area contributed by atoms with Crippen LogP contribution in [0.4, 0.5) is 14.6 Å². The van der Waals surface area contributed by atoms with E-state index in [0.717, 1.165) is 17.7 Å². The Bertz CT molecular complexity index is 1150. The molecule has 0 fully saturated rings. The molecule has 1 atom stereocenters. The molecule has 1 aliphatic rings. The summed E-state index contributed by atoms with van der Waals surface area (Å²) in [6, 6.07) is 10.3. The van der Waals surface area contributed by atoms with Crippen molar-refractivity contribution in [1.82, 2.24) is 9.97 Å². The molecule has 0 spiro atoms. The molecule has 1 unspecified atom stereocenters. The van der Waals surface area contributed by atoms with Crippen LogP contribution in [0.25, 0.3) is 0 Å². The molecular weight excluding hydrogens is 420 g/mol. The van der Waals surface area contributed by atoms with Crippen molar-refractivity contribution in [1.29, 1.82) is 0 Å². The fourth-order valence-corrected chi connectivity index (χ4v) is 4.14. The van der Waals surface area contributed by atoms with Gasteiger partial charge in [0, 0.05) is 29.2 Å². The van der Waals surface area contributed by atoms with E-state index in [9.17, 15) is 18.4 Å². The molecule has 1 aromatic heterocycles. The van der Waals surface area contributed by atoms with Gasteiger partial charge in [0.05, 0.1) is 5.56 Å². The summed E-state index contributed by atoms with van der Waals surface area (Å²) in [5.41, 5.74) is 0.750. The number of hydrogen-bond donors (Lipinski definition) is 2. The summed E-state index contributed by atoms with van der Waals surface area (Å²) in [6.07, 6.45) is -0.127. The van der Waals surface area contributed by atoms with Gasteiger partial charge >= 0.3 is 0 Å². The Morgan fingerprint density at radius 2 is 1.90 bits per heavy atom. The van der Waals surface area contributed by atoms with Gasteiger partial charge in [-0.3, -0.25) is 9.59 Å². The second kappa shape index (κ2) is 7.96.